The van der Waals surface area contributed by atoms with Crippen LogP contribution in [0.3, 0.4) is 0 Å². The Kier molecular flexibility index (Phi) is 17.2. The van der Waals surface area contributed by atoms with Gasteiger partial charge in [-0.15, -0.1) is 0 Å². The maximum atomic E-state index is 13.6. The lowest BCUT2D eigenvalue weighted by molar-refractivity contribution is -0.143. The number of rotatable bonds is 20. The minimum Gasteiger partial charge on any atom is -0.480 e. The van der Waals surface area contributed by atoms with Crippen LogP contribution in [0.25, 0.3) is 0 Å². The van der Waals surface area contributed by atoms with Gasteiger partial charge in [-0.1, -0.05) is 0 Å². The van der Waals surface area contributed by atoms with Crippen molar-refractivity contribution < 1.29 is 34.2 Å². The average molecular weight is 643 g/mol. The van der Waals surface area contributed by atoms with Crippen LogP contribution in [0.5, 0.6) is 0 Å². The van der Waals surface area contributed by atoms with E-state index >= 15 is 0 Å². The number of likely N-dealkylation sites (tertiary alicyclic amines) is 1. The standard InChI is InChI=1S/C26H50N12O7/c1-14(39)19(28)22(42)36-16(6-2-3-10-27)23(43)38-13-5-8-18(38)21(41)35-15(9-12-34-26(31)32)20(40)37-17(24(44)45)7-4-11-33-25(29)30/h14-19,39H,2-13,27-28H2,1H3,(H,35,41)(H,36,42)(H,37,40)(H,44,45)(H4,29,30,33)(H4,31,32,34)/t14-,15+,16+,17+,18+,19+/m1/s1. The van der Waals surface area contributed by atoms with E-state index in [0.29, 0.717) is 25.8 Å². The second-order valence-electron chi connectivity index (χ2n) is 10.8. The van der Waals surface area contributed by atoms with Gasteiger partial charge >= 0.3 is 5.97 Å². The van der Waals surface area contributed by atoms with Crippen LogP contribution in [-0.2, 0) is 24.0 Å². The number of carboxylic acid groups (broad SMARTS) is 1. The highest BCUT2D eigenvalue weighted by molar-refractivity contribution is 5.95. The molecule has 6 atom stereocenters. The van der Waals surface area contributed by atoms with Gasteiger partial charge in [0.15, 0.2) is 11.9 Å². The molecule has 19 nitrogen and oxygen atoms in total. The van der Waals surface area contributed by atoms with E-state index in [1.165, 1.54) is 11.8 Å². The Morgan fingerprint density at radius 3 is 2.02 bits per heavy atom. The van der Waals surface area contributed by atoms with Crippen molar-refractivity contribution in [2.24, 2.45) is 44.4 Å². The van der Waals surface area contributed by atoms with Crippen LogP contribution in [0.15, 0.2) is 9.98 Å². The Hall–Kier alpha value is -4.23. The number of hydrogen-bond donors (Lipinski definition) is 11. The number of nitrogens with one attached hydrogen (secondary N) is 3. The monoisotopic (exact) mass is 642 g/mol. The van der Waals surface area contributed by atoms with Crippen LogP contribution < -0.4 is 50.4 Å². The zero-order valence-corrected chi connectivity index (χ0v) is 25.7. The predicted octanol–water partition coefficient (Wildman–Crippen LogP) is -4.93. The minimum absolute atomic E-state index is 0.00725. The SMILES string of the molecule is C[C@@H](O)[C@H](N)C(=O)N[C@@H](CCCCN)C(=O)N1CCC[C@H]1C(=O)N[C@@H](CCN=C(N)N)C(=O)N[C@@H](CCCN=C(N)N)C(=O)O. The minimum atomic E-state index is -1.30. The van der Waals surface area contributed by atoms with E-state index in [1.807, 2.05) is 0 Å². The first-order valence-corrected chi connectivity index (χ1v) is 14.9. The highest BCUT2D eigenvalue weighted by Crippen LogP contribution is 2.20. The van der Waals surface area contributed by atoms with Crippen molar-refractivity contribution in [1.29, 1.82) is 0 Å². The fourth-order valence-electron chi connectivity index (χ4n) is 4.63. The number of aliphatic imine (C=N–C) groups is 2. The molecule has 0 radical (unpaired) electrons. The average Bonchev–Trinajstić information content (AvgIpc) is 3.46. The number of aliphatic hydroxyl groups excluding tert-OH is 1. The summed E-state index contributed by atoms with van der Waals surface area (Å²) in [6.07, 6.45) is 1.10. The highest BCUT2D eigenvalue weighted by atomic mass is 16.4. The van der Waals surface area contributed by atoms with Gasteiger partial charge < -0.3 is 65.5 Å². The first-order chi connectivity index (χ1) is 21.2. The number of carbonyl (C=O) groups excluding carboxylic acids is 4. The van der Waals surface area contributed by atoms with E-state index < -0.39 is 65.9 Å². The zero-order chi connectivity index (χ0) is 34.1. The van der Waals surface area contributed by atoms with Crippen LogP contribution in [-0.4, -0.2) is 119 Å². The predicted molar refractivity (Wildman–Crippen MR) is 166 cm³/mol. The maximum Gasteiger partial charge on any atom is 0.326 e. The number of carboxylic acids is 1. The summed E-state index contributed by atoms with van der Waals surface area (Å²) in [7, 11) is 0. The van der Waals surface area contributed by atoms with Gasteiger partial charge in [-0.3, -0.25) is 29.2 Å². The van der Waals surface area contributed by atoms with Gasteiger partial charge in [-0.05, 0) is 64.8 Å². The number of carbonyl (C=O) groups is 5. The number of nitrogens with zero attached hydrogens (tertiary/aromatic N) is 3. The molecule has 256 valence electrons. The molecule has 19 heteroatoms. The van der Waals surface area contributed by atoms with E-state index in [4.69, 9.17) is 34.4 Å². The number of nitrogens with two attached hydrogens (primary N) is 6. The normalized spacial score (nSPS) is 17.6. The second-order valence-corrected chi connectivity index (χ2v) is 10.8. The van der Waals surface area contributed by atoms with Gasteiger partial charge in [0.05, 0.1) is 6.10 Å². The topological polar surface area (TPSA) is 346 Å². The van der Waals surface area contributed by atoms with E-state index in [-0.39, 0.29) is 63.7 Å². The largest absolute Gasteiger partial charge is 0.480 e. The molecule has 0 aromatic heterocycles. The summed E-state index contributed by atoms with van der Waals surface area (Å²) in [5.41, 5.74) is 32.7. The lowest BCUT2D eigenvalue weighted by Crippen LogP contribution is -2.58. The van der Waals surface area contributed by atoms with Crippen molar-refractivity contribution in [2.75, 3.05) is 26.2 Å². The van der Waals surface area contributed by atoms with Crippen molar-refractivity contribution in [3.05, 3.63) is 0 Å². The molecule has 0 saturated carbocycles. The highest BCUT2D eigenvalue weighted by Gasteiger charge is 2.39. The Morgan fingerprint density at radius 2 is 1.44 bits per heavy atom. The van der Waals surface area contributed by atoms with E-state index in [1.54, 1.807) is 0 Å². The molecule has 0 spiro atoms. The van der Waals surface area contributed by atoms with Gasteiger partial charge in [-0.25, -0.2) is 4.79 Å². The van der Waals surface area contributed by atoms with Crippen molar-refractivity contribution in [2.45, 2.75) is 94.6 Å². The molecule has 0 aliphatic carbocycles. The molecule has 1 aliphatic rings. The van der Waals surface area contributed by atoms with Crippen LogP contribution in [0.1, 0.15) is 58.3 Å². The van der Waals surface area contributed by atoms with Crippen LogP contribution >= 0.6 is 0 Å². The van der Waals surface area contributed by atoms with E-state index in [9.17, 15) is 34.2 Å². The third-order valence-electron chi connectivity index (χ3n) is 7.13. The summed E-state index contributed by atoms with van der Waals surface area (Å²) in [6, 6.07) is -5.83. The molecule has 0 aromatic rings. The van der Waals surface area contributed by atoms with Crippen LogP contribution in [0.2, 0.25) is 0 Å². The quantitative estimate of drug-likeness (QED) is 0.0337. The fourth-order valence-corrected chi connectivity index (χ4v) is 4.63. The number of unbranched alkanes of at least 4 members (excludes halogenated alkanes) is 1. The number of hydrogen-bond acceptors (Lipinski definition) is 10. The third kappa shape index (κ3) is 14.0. The molecular weight excluding hydrogens is 592 g/mol. The van der Waals surface area contributed by atoms with Gasteiger partial charge in [-0.2, -0.15) is 0 Å². The maximum absolute atomic E-state index is 13.6. The molecule has 1 heterocycles. The Labute approximate surface area is 261 Å². The molecule has 0 aromatic carbocycles. The summed E-state index contributed by atoms with van der Waals surface area (Å²) in [5, 5.41) is 26.9. The van der Waals surface area contributed by atoms with Crippen molar-refractivity contribution >= 4 is 41.5 Å². The first-order valence-electron chi connectivity index (χ1n) is 14.9. The fraction of sp³-hybridized carbons (Fsp3) is 0.731. The lowest BCUT2D eigenvalue weighted by Gasteiger charge is -2.30. The first kappa shape index (κ1) is 38.8. The summed E-state index contributed by atoms with van der Waals surface area (Å²) >= 11 is 0. The van der Waals surface area contributed by atoms with Crippen molar-refractivity contribution in [1.82, 2.24) is 20.9 Å². The van der Waals surface area contributed by atoms with Crippen molar-refractivity contribution in [3.63, 3.8) is 0 Å². The van der Waals surface area contributed by atoms with Crippen LogP contribution in [0, 0.1) is 0 Å². The molecule has 45 heavy (non-hydrogen) atoms. The molecule has 1 saturated heterocycles. The van der Waals surface area contributed by atoms with E-state index in [2.05, 4.69) is 25.9 Å². The van der Waals surface area contributed by atoms with Gasteiger partial charge in [0.1, 0.15) is 30.2 Å². The summed E-state index contributed by atoms with van der Waals surface area (Å²) in [4.78, 5) is 73.6. The number of aliphatic carboxylic acids is 1. The van der Waals surface area contributed by atoms with Gasteiger partial charge in [0.2, 0.25) is 23.6 Å². The molecule has 1 fully saturated rings. The van der Waals surface area contributed by atoms with Crippen LogP contribution in [0.4, 0.5) is 0 Å². The summed E-state index contributed by atoms with van der Waals surface area (Å²) in [6.45, 7) is 2.02. The summed E-state index contributed by atoms with van der Waals surface area (Å²) in [5.74, 6) is -4.39. The second kappa shape index (κ2) is 19.9. The summed E-state index contributed by atoms with van der Waals surface area (Å²) < 4.78 is 0. The Balaban J connectivity index is 3.11. The molecule has 1 rings (SSSR count). The molecule has 4 amide bonds. The molecule has 0 unspecified atom stereocenters. The van der Waals surface area contributed by atoms with E-state index in [0.717, 1.165) is 0 Å². The Bertz CT molecular complexity index is 1060. The number of amides is 4. The number of guanidine groups is 2. The molecule has 0 bridgehead atoms. The lowest BCUT2D eigenvalue weighted by atomic mass is 10.1. The smallest absolute Gasteiger partial charge is 0.326 e. The van der Waals surface area contributed by atoms with Crippen molar-refractivity contribution in [3.8, 4) is 0 Å². The number of aliphatic hydroxyl groups is 1. The zero-order valence-electron chi connectivity index (χ0n) is 25.7. The van der Waals surface area contributed by atoms with Gasteiger partial charge in [0.25, 0.3) is 0 Å². The molecule has 1 aliphatic heterocycles. The molecule has 17 N–H and O–H groups in total. The Morgan fingerprint density at radius 1 is 0.844 bits per heavy atom. The molecular formula is C26H50N12O7. The van der Waals surface area contributed by atoms with Gasteiger partial charge in [0, 0.05) is 19.6 Å². The third-order valence-corrected chi connectivity index (χ3v) is 7.13.